The Labute approximate surface area is 117 Å². The van der Waals surface area contributed by atoms with Crippen molar-refractivity contribution >= 4 is 12.7 Å². The van der Waals surface area contributed by atoms with Crippen LogP contribution in [0.25, 0.3) is 0 Å². The van der Waals surface area contributed by atoms with Crippen molar-refractivity contribution in [2.75, 3.05) is 7.11 Å². The van der Waals surface area contributed by atoms with Gasteiger partial charge in [0, 0.05) is 6.42 Å². The predicted octanol–water partition coefficient (Wildman–Crippen LogP) is 2.79. The van der Waals surface area contributed by atoms with Gasteiger partial charge < -0.3 is 4.74 Å². The topological polar surface area (TPSA) is 9.23 Å². The Bertz CT molecular complexity index is 642. The second kappa shape index (κ2) is 5.50. The molecule has 1 aliphatic rings. The summed E-state index contributed by atoms with van der Waals surface area (Å²) in [7, 11) is -0.132. The highest BCUT2D eigenvalue weighted by molar-refractivity contribution is 6.57. The van der Waals surface area contributed by atoms with E-state index in [0.717, 1.165) is 25.3 Å². The smallest absolute Gasteiger partial charge is 0.217 e. The van der Waals surface area contributed by atoms with Crippen molar-refractivity contribution in [3.8, 4) is 5.75 Å². The van der Waals surface area contributed by atoms with Crippen LogP contribution in [-0.2, 0) is 0 Å². The first kappa shape index (κ1) is 15.5. The van der Waals surface area contributed by atoms with Crippen LogP contribution >= 0.6 is 0 Å². The van der Waals surface area contributed by atoms with Crippen molar-refractivity contribution in [2.45, 2.75) is 12.0 Å². The number of alkyl halides is 1. The van der Waals surface area contributed by atoms with Crippen LogP contribution in [-0.4, -0.2) is 20.0 Å². The number of benzene rings is 1. The zero-order valence-electron chi connectivity index (χ0n) is 10.8. The Hall–Kier alpha value is -1.86. The summed E-state index contributed by atoms with van der Waals surface area (Å²) in [6, 6.07) is 0. The number of methoxy groups -OCH3 is 1. The highest BCUT2D eigenvalue weighted by Crippen LogP contribution is 2.29. The Morgan fingerprint density at radius 2 is 1.71 bits per heavy atom. The summed E-state index contributed by atoms with van der Waals surface area (Å²) in [6.45, 7) is 0. The lowest BCUT2D eigenvalue weighted by Crippen LogP contribution is -2.41. The molecule has 0 N–H and O–H groups in total. The number of rotatable bonds is 3. The first-order chi connectivity index (χ1) is 9.79. The Kier molecular flexibility index (Phi) is 4.07. The van der Waals surface area contributed by atoms with Gasteiger partial charge in [0.1, 0.15) is 11.4 Å². The molecule has 0 saturated heterocycles. The molecule has 0 aromatic heterocycles. The van der Waals surface area contributed by atoms with Gasteiger partial charge in [-0.15, -0.1) is 0 Å². The molecule has 2 rings (SSSR count). The molecule has 0 aliphatic heterocycles. The molecular formula is C13H9BF6O. The van der Waals surface area contributed by atoms with E-state index in [0.29, 0.717) is 0 Å². The molecule has 0 fully saturated rings. The van der Waals surface area contributed by atoms with Gasteiger partial charge >= 0.3 is 0 Å². The Balaban J connectivity index is 2.48. The molecular weight excluding hydrogens is 297 g/mol. The average molecular weight is 306 g/mol. The monoisotopic (exact) mass is 306 g/mol. The maximum absolute atomic E-state index is 14.4. The lowest BCUT2D eigenvalue weighted by Gasteiger charge is -2.23. The summed E-state index contributed by atoms with van der Waals surface area (Å²) in [6.07, 6.45) is 2.20. The zero-order chi connectivity index (χ0) is 15.8. The van der Waals surface area contributed by atoms with E-state index >= 15 is 0 Å². The standard InChI is InChI=1S/C13H9BF6O/c1-21-12-9(17)7(8(16)10(18)11(12)19)14-13(20)4-2-3-6(15)5-13/h2-4,14H,5H2,1H3. The molecule has 1 aromatic carbocycles. The normalized spacial score (nSPS) is 21.2. The van der Waals surface area contributed by atoms with Crippen LogP contribution in [0.5, 0.6) is 5.75 Å². The van der Waals surface area contributed by atoms with E-state index in [1.807, 2.05) is 0 Å². The molecule has 0 radical (unpaired) electrons. The Morgan fingerprint density at radius 3 is 2.29 bits per heavy atom. The summed E-state index contributed by atoms with van der Waals surface area (Å²) in [5, 5.41) is 0. The zero-order valence-corrected chi connectivity index (χ0v) is 10.8. The number of hydrogen-bond acceptors (Lipinski definition) is 1. The number of hydrogen-bond donors (Lipinski definition) is 0. The fraction of sp³-hybridized carbons (Fsp3) is 0.231. The molecule has 0 heterocycles. The third-order valence-electron chi connectivity index (χ3n) is 3.12. The predicted molar refractivity (Wildman–Crippen MR) is 66.4 cm³/mol. The van der Waals surface area contributed by atoms with Crippen LogP contribution in [0.2, 0.25) is 0 Å². The highest BCUT2D eigenvalue weighted by Gasteiger charge is 2.37. The number of halogens is 6. The van der Waals surface area contributed by atoms with Gasteiger partial charge in [-0.05, 0) is 11.5 Å². The van der Waals surface area contributed by atoms with E-state index in [-0.39, 0.29) is 0 Å². The van der Waals surface area contributed by atoms with E-state index in [4.69, 9.17) is 0 Å². The molecule has 1 aromatic rings. The third kappa shape index (κ3) is 2.79. The van der Waals surface area contributed by atoms with E-state index in [1.54, 1.807) is 0 Å². The van der Waals surface area contributed by atoms with Crippen LogP contribution in [0.4, 0.5) is 26.3 Å². The summed E-state index contributed by atoms with van der Waals surface area (Å²) < 4.78 is 86.0. The Morgan fingerprint density at radius 1 is 1.05 bits per heavy atom. The van der Waals surface area contributed by atoms with Crippen molar-refractivity contribution in [1.82, 2.24) is 0 Å². The van der Waals surface area contributed by atoms with Crippen molar-refractivity contribution in [1.29, 1.82) is 0 Å². The summed E-state index contributed by atoms with van der Waals surface area (Å²) in [5.74, 6) is -9.18. The van der Waals surface area contributed by atoms with E-state index in [2.05, 4.69) is 4.74 Å². The van der Waals surface area contributed by atoms with Gasteiger partial charge in [0.2, 0.25) is 13.1 Å². The fourth-order valence-corrected chi connectivity index (χ4v) is 2.13. The van der Waals surface area contributed by atoms with Crippen LogP contribution in [0.15, 0.2) is 24.1 Å². The lowest BCUT2D eigenvalue weighted by molar-refractivity contribution is 0.314. The largest absolute Gasteiger partial charge is 0.491 e. The molecule has 1 nitrogen and oxygen atoms in total. The maximum Gasteiger partial charge on any atom is 0.217 e. The molecule has 112 valence electrons. The minimum Gasteiger partial charge on any atom is -0.491 e. The van der Waals surface area contributed by atoms with Gasteiger partial charge in [-0.2, -0.15) is 4.39 Å². The molecule has 0 amide bonds. The van der Waals surface area contributed by atoms with Crippen LogP contribution in [0.1, 0.15) is 6.42 Å². The van der Waals surface area contributed by atoms with E-state index < -0.39 is 59.6 Å². The summed E-state index contributed by atoms with van der Waals surface area (Å²) >= 11 is 0. The third-order valence-corrected chi connectivity index (χ3v) is 3.12. The van der Waals surface area contributed by atoms with Gasteiger partial charge in [-0.25, -0.2) is 22.0 Å². The van der Waals surface area contributed by atoms with Crippen molar-refractivity contribution in [3.63, 3.8) is 0 Å². The quantitative estimate of drug-likeness (QED) is 0.361. The van der Waals surface area contributed by atoms with Gasteiger partial charge in [-0.3, -0.25) is 0 Å². The average Bonchev–Trinajstić information content (AvgIpc) is 2.42. The molecule has 0 spiro atoms. The van der Waals surface area contributed by atoms with Crippen LogP contribution < -0.4 is 10.2 Å². The molecule has 1 aliphatic carbocycles. The summed E-state index contributed by atoms with van der Waals surface area (Å²) in [4.78, 5) is 0. The van der Waals surface area contributed by atoms with Crippen molar-refractivity contribution in [2.24, 2.45) is 0 Å². The lowest BCUT2D eigenvalue weighted by atomic mass is 9.54. The molecule has 0 bridgehead atoms. The second-order valence-corrected chi connectivity index (χ2v) is 4.63. The number of allylic oxidation sites excluding steroid dienone is 4. The molecule has 8 heteroatoms. The van der Waals surface area contributed by atoms with Crippen LogP contribution in [0.3, 0.4) is 0 Å². The van der Waals surface area contributed by atoms with Gasteiger partial charge in [0.05, 0.1) is 7.11 Å². The van der Waals surface area contributed by atoms with E-state index in [1.165, 1.54) is 0 Å². The molecule has 1 atom stereocenters. The van der Waals surface area contributed by atoms with Crippen molar-refractivity contribution in [3.05, 3.63) is 47.3 Å². The van der Waals surface area contributed by atoms with Gasteiger partial charge in [-0.1, -0.05) is 12.2 Å². The van der Waals surface area contributed by atoms with Crippen molar-refractivity contribution < 1.29 is 31.1 Å². The van der Waals surface area contributed by atoms with Gasteiger partial charge in [0.25, 0.3) is 0 Å². The molecule has 21 heavy (non-hydrogen) atoms. The van der Waals surface area contributed by atoms with E-state index in [9.17, 15) is 26.3 Å². The SMILES string of the molecule is COc1c(F)c(F)c(F)c(BC2(F)C=CC=C(F)C2)c1F. The minimum atomic E-state index is -2.43. The first-order valence-electron chi connectivity index (χ1n) is 5.90. The molecule has 0 saturated carbocycles. The maximum atomic E-state index is 14.4. The molecule has 1 unspecified atom stereocenters. The van der Waals surface area contributed by atoms with Crippen LogP contribution in [0, 0.1) is 23.3 Å². The fourth-order valence-electron chi connectivity index (χ4n) is 2.13. The second-order valence-electron chi connectivity index (χ2n) is 4.63. The van der Waals surface area contributed by atoms with Gasteiger partial charge in [0.15, 0.2) is 23.2 Å². The number of ether oxygens (including phenoxy) is 1. The minimum absolute atomic E-state index is 0.746. The highest BCUT2D eigenvalue weighted by atomic mass is 19.2. The first-order valence-corrected chi connectivity index (χ1v) is 5.90. The summed E-state index contributed by atoms with van der Waals surface area (Å²) in [5.41, 5.74) is -3.47.